The number of carboxylic acid groups (broad SMARTS) is 1. The van der Waals surface area contributed by atoms with E-state index in [-0.39, 0.29) is 5.92 Å². The fourth-order valence-electron chi connectivity index (χ4n) is 3.69. The lowest BCUT2D eigenvalue weighted by molar-refractivity contribution is -0.142. The summed E-state index contributed by atoms with van der Waals surface area (Å²) >= 11 is 3.07. The summed E-state index contributed by atoms with van der Waals surface area (Å²) in [5.74, 6) is 0.379. The minimum absolute atomic E-state index is 0.321. The Bertz CT molecular complexity index is 1100. The van der Waals surface area contributed by atoms with Gasteiger partial charge in [0, 0.05) is 10.9 Å². The molecule has 0 amide bonds. The smallest absolute Gasteiger partial charge is 0.306 e. The molecule has 0 saturated carbocycles. The second kappa shape index (κ2) is 6.80. The Labute approximate surface area is 168 Å². The lowest BCUT2D eigenvalue weighted by Crippen LogP contribution is -2.21. The molecule has 1 atom stereocenters. The number of nitrogens with zero attached hydrogens (tertiary/aromatic N) is 2. The number of rotatable bonds is 4. The lowest BCUT2D eigenvalue weighted by atomic mass is 9.88. The maximum absolute atomic E-state index is 11.4. The molecule has 2 aromatic heterocycles. The molecular formula is C18H17N5O3S2. The van der Waals surface area contributed by atoms with Crippen LogP contribution in [0.5, 0.6) is 5.75 Å². The third kappa shape index (κ3) is 2.84. The molecule has 0 unspecified atom stereocenters. The average molecular weight is 416 g/mol. The predicted octanol–water partition coefficient (Wildman–Crippen LogP) is 3.57. The zero-order valence-corrected chi connectivity index (χ0v) is 16.5. The summed E-state index contributed by atoms with van der Waals surface area (Å²) in [7, 11) is 1.64. The molecule has 5 rings (SSSR count). The van der Waals surface area contributed by atoms with E-state index < -0.39 is 5.97 Å². The van der Waals surface area contributed by atoms with Gasteiger partial charge in [-0.3, -0.25) is 4.79 Å². The number of aryl methyl sites for hydroxylation is 1. The van der Waals surface area contributed by atoms with Crippen LogP contribution in [0, 0.1) is 5.92 Å². The number of hydrogen-bond donors (Lipinski definition) is 4. The zero-order chi connectivity index (χ0) is 19.3. The number of hydrazine groups is 1. The van der Waals surface area contributed by atoms with Crippen molar-refractivity contribution in [3.05, 3.63) is 28.9 Å². The van der Waals surface area contributed by atoms with E-state index in [4.69, 9.17) is 4.74 Å². The van der Waals surface area contributed by atoms with Gasteiger partial charge in [0.15, 0.2) is 0 Å². The molecule has 0 spiro atoms. The van der Waals surface area contributed by atoms with E-state index in [1.807, 2.05) is 12.1 Å². The molecule has 0 saturated heterocycles. The summed E-state index contributed by atoms with van der Waals surface area (Å²) in [4.78, 5) is 26.4. The number of aliphatic carboxylic acids is 1. The van der Waals surface area contributed by atoms with Crippen molar-refractivity contribution in [1.82, 2.24) is 14.8 Å². The third-order valence-corrected chi connectivity index (χ3v) is 7.02. The minimum Gasteiger partial charge on any atom is -0.494 e. The van der Waals surface area contributed by atoms with Crippen molar-refractivity contribution < 1.29 is 14.6 Å². The Morgan fingerprint density at radius 3 is 3.11 bits per heavy atom. The van der Waals surface area contributed by atoms with Crippen LogP contribution in [0.4, 0.5) is 17.2 Å². The number of thiophene rings is 1. The summed E-state index contributed by atoms with van der Waals surface area (Å²) in [6.07, 6.45) is 3.46. The van der Waals surface area contributed by atoms with Crippen molar-refractivity contribution in [3.8, 4) is 5.75 Å². The normalized spacial score (nSPS) is 17.7. The first-order valence-electron chi connectivity index (χ1n) is 8.79. The van der Waals surface area contributed by atoms with Gasteiger partial charge in [-0.25, -0.2) is 9.97 Å². The Balaban J connectivity index is 1.57. The number of nitrogens with one attached hydrogen (secondary N) is 3. The molecule has 144 valence electrons. The molecule has 0 bridgehead atoms. The Morgan fingerprint density at radius 1 is 1.39 bits per heavy atom. The quantitative estimate of drug-likeness (QED) is 0.476. The molecule has 1 aromatic carbocycles. The Kier molecular flexibility index (Phi) is 4.26. The molecular weight excluding hydrogens is 398 g/mol. The maximum atomic E-state index is 11.4. The van der Waals surface area contributed by atoms with E-state index in [1.165, 1.54) is 17.5 Å². The van der Waals surface area contributed by atoms with Crippen molar-refractivity contribution >= 4 is 56.7 Å². The predicted molar refractivity (Wildman–Crippen MR) is 109 cm³/mol. The lowest BCUT2D eigenvalue weighted by Gasteiger charge is -2.19. The molecule has 1 aliphatic carbocycles. The number of carboxylic acids is 1. The fourth-order valence-corrected chi connectivity index (χ4v) is 5.62. The summed E-state index contributed by atoms with van der Waals surface area (Å²) in [6.45, 7) is 0. The molecule has 10 heteroatoms. The molecule has 8 nitrogen and oxygen atoms in total. The highest BCUT2D eigenvalue weighted by Crippen LogP contribution is 2.43. The van der Waals surface area contributed by atoms with E-state index in [9.17, 15) is 9.90 Å². The highest BCUT2D eigenvalue weighted by molar-refractivity contribution is 7.98. The van der Waals surface area contributed by atoms with Crippen LogP contribution < -0.4 is 20.3 Å². The molecule has 3 aromatic rings. The highest BCUT2D eigenvalue weighted by Gasteiger charge is 2.29. The summed E-state index contributed by atoms with van der Waals surface area (Å²) in [5.41, 5.74) is 6.03. The van der Waals surface area contributed by atoms with Gasteiger partial charge in [0.2, 0.25) is 0 Å². The largest absolute Gasteiger partial charge is 0.494 e. The van der Waals surface area contributed by atoms with Gasteiger partial charge in [-0.05, 0) is 42.8 Å². The second-order valence-corrected chi connectivity index (χ2v) is 8.62. The van der Waals surface area contributed by atoms with Crippen molar-refractivity contribution in [2.45, 2.75) is 24.2 Å². The van der Waals surface area contributed by atoms with Gasteiger partial charge < -0.3 is 20.6 Å². The summed E-state index contributed by atoms with van der Waals surface area (Å²) in [5, 5.41) is 13.8. The van der Waals surface area contributed by atoms with Crippen LogP contribution in [0.1, 0.15) is 16.9 Å². The van der Waals surface area contributed by atoms with Crippen LogP contribution in [0.3, 0.4) is 0 Å². The van der Waals surface area contributed by atoms with Crippen molar-refractivity contribution in [2.24, 2.45) is 5.92 Å². The van der Waals surface area contributed by atoms with Gasteiger partial charge in [0.1, 0.15) is 22.7 Å². The van der Waals surface area contributed by atoms with Gasteiger partial charge in [-0.1, -0.05) is 0 Å². The maximum Gasteiger partial charge on any atom is 0.306 e. The summed E-state index contributed by atoms with van der Waals surface area (Å²) in [6, 6.07) is 3.95. The van der Waals surface area contributed by atoms with E-state index >= 15 is 0 Å². The van der Waals surface area contributed by atoms with Crippen molar-refractivity contribution in [2.75, 3.05) is 17.9 Å². The first-order chi connectivity index (χ1) is 13.6. The molecule has 28 heavy (non-hydrogen) atoms. The monoisotopic (exact) mass is 415 g/mol. The summed E-state index contributed by atoms with van der Waals surface area (Å²) < 4.78 is 5.54. The molecule has 0 fully saturated rings. The first kappa shape index (κ1) is 17.5. The molecule has 4 N–H and O–H groups in total. The number of hydrogen-bond acceptors (Lipinski definition) is 9. The van der Waals surface area contributed by atoms with E-state index in [0.717, 1.165) is 43.6 Å². The molecule has 3 heterocycles. The van der Waals surface area contributed by atoms with Crippen LogP contribution in [0.25, 0.3) is 10.2 Å². The standard InChI is InChI=1S/C18H17N5O3S2/c1-26-12-5-11-14(28-23-22-11)6-10(12)21-16-15-9-3-2-8(18(24)25)4-13(9)27-17(15)20-7-19-16/h5-8,22-23H,2-4H2,1H3,(H,24,25)(H,19,20,21)/t8-/m0/s1. The number of ether oxygens (including phenoxy) is 1. The number of fused-ring (bicyclic) bond motifs is 4. The molecule has 0 radical (unpaired) electrons. The average Bonchev–Trinajstić information content (AvgIpc) is 3.30. The SMILES string of the molecule is COc1cc2c(cc1Nc1ncnc3sc4c(c13)CC[C@H](C(=O)O)C4)SNN2. The topological polar surface area (TPSA) is 108 Å². The minimum atomic E-state index is -0.727. The van der Waals surface area contributed by atoms with Gasteiger partial charge in [-0.2, -0.15) is 4.83 Å². The van der Waals surface area contributed by atoms with Crippen LogP contribution in [0.2, 0.25) is 0 Å². The number of anilines is 3. The first-order valence-corrected chi connectivity index (χ1v) is 10.4. The van der Waals surface area contributed by atoms with Gasteiger partial charge in [0.25, 0.3) is 0 Å². The van der Waals surface area contributed by atoms with Gasteiger partial charge in [0.05, 0.1) is 34.7 Å². The second-order valence-electron chi connectivity index (χ2n) is 6.69. The number of aromatic nitrogens is 2. The van der Waals surface area contributed by atoms with Crippen LogP contribution >= 0.6 is 23.3 Å². The fraction of sp³-hybridized carbons (Fsp3) is 0.278. The zero-order valence-electron chi connectivity index (χ0n) is 14.9. The molecule has 2 aliphatic rings. The molecule has 1 aliphatic heterocycles. The van der Waals surface area contributed by atoms with Crippen molar-refractivity contribution in [3.63, 3.8) is 0 Å². The number of methoxy groups -OCH3 is 1. The van der Waals surface area contributed by atoms with Crippen LogP contribution in [-0.4, -0.2) is 28.2 Å². The van der Waals surface area contributed by atoms with E-state index in [0.29, 0.717) is 18.6 Å². The number of benzene rings is 1. The van der Waals surface area contributed by atoms with Crippen molar-refractivity contribution in [1.29, 1.82) is 0 Å². The highest BCUT2D eigenvalue weighted by atomic mass is 32.2. The van der Waals surface area contributed by atoms with Crippen LogP contribution in [-0.2, 0) is 17.6 Å². The third-order valence-electron chi connectivity index (χ3n) is 5.10. The van der Waals surface area contributed by atoms with Gasteiger partial charge in [-0.15, -0.1) is 11.3 Å². The van der Waals surface area contributed by atoms with E-state index in [2.05, 4.69) is 25.5 Å². The van der Waals surface area contributed by atoms with Gasteiger partial charge >= 0.3 is 5.97 Å². The Morgan fingerprint density at radius 2 is 2.29 bits per heavy atom. The van der Waals surface area contributed by atoms with Crippen LogP contribution in [0.15, 0.2) is 23.4 Å². The Hall–Kier alpha value is -2.56. The number of carbonyl (C=O) groups is 1. The van der Waals surface area contributed by atoms with E-state index in [1.54, 1.807) is 24.8 Å².